The van der Waals surface area contributed by atoms with E-state index in [1.807, 2.05) is 48.5 Å². The van der Waals surface area contributed by atoms with Crippen molar-refractivity contribution in [1.29, 1.82) is 0 Å². The third-order valence-corrected chi connectivity index (χ3v) is 4.25. The predicted molar refractivity (Wildman–Crippen MR) is 95.8 cm³/mol. The minimum Gasteiger partial charge on any atom is -0.495 e. The van der Waals surface area contributed by atoms with Gasteiger partial charge in [-0.1, -0.05) is 48.5 Å². The van der Waals surface area contributed by atoms with Crippen molar-refractivity contribution in [2.24, 2.45) is 0 Å². The predicted octanol–water partition coefficient (Wildman–Crippen LogP) is 4.38. The fourth-order valence-electron chi connectivity index (χ4n) is 3.13. The number of nitrogens with zero attached hydrogens (tertiary/aromatic N) is 2. The van der Waals surface area contributed by atoms with Crippen LogP contribution in [0.3, 0.4) is 0 Å². The fraction of sp³-hybridized carbons (Fsp3) is 0.100. The maximum atomic E-state index is 12.2. The van der Waals surface area contributed by atoms with Crippen molar-refractivity contribution in [1.82, 2.24) is 9.55 Å². The topological polar surface area (TPSA) is 53.4 Å². The van der Waals surface area contributed by atoms with E-state index < -0.39 is 6.09 Å². The van der Waals surface area contributed by atoms with Crippen LogP contribution in [0.4, 0.5) is 4.79 Å². The van der Waals surface area contributed by atoms with E-state index in [-0.39, 0.29) is 6.61 Å². The Morgan fingerprint density at radius 3 is 2.12 bits per heavy atom. The maximum Gasteiger partial charge on any atom is 0.419 e. The Labute approximate surface area is 144 Å². The van der Waals surface area contributed by atoms with E-state index >= 15 is 0 Å². The van der Waals surface area contributed by atoms with E-state index in [0.29, 0.717) is 0 Å². The molecule has 25 heavy (non-hydrogen) atoms. The highest BCUT2D eigenvalue weighted by molar-refractivity contribution is 6.08. The van der Waals surface area contributed by atoms with Crippen LogP contribution in [0, 0.1) is 0 Å². The van der Waals surface area contributed by atoms with Gasteiger partial charge >= 0.3 is 6.09 Å². The fourth-order valence-corrected chi connectivity index (χ4v) is 3.13. The first-order valence-corrected chi connectivity index (χ1v) is 7.91. The molecule has 0 aliphatic rings. The molecule has 0 aliphatic carbocycles. The first-order chi connectivity index (χ1) is 12.3. The third-order valence-electron chi connectivity index (χ3n) is 4.25. The molecule has 0 fully saturated rings. The number of ether oxygens (including phenoxy) is 2. The van der Waals surface area contributed by atoms with Crippen LogP contribution in [0.1, 0.15) is 5.56 Å². The molecule has 0 unspecified atom stereocenters. The average Bonchev–Trinajstić information content (AvgIpc) is 3.20. The van der Waals surface area contributed by atoms with Crippen molar-refractivity contribution in [3.05, 3.63) is 72.8 Å². The summed E-state index contributed by atoms with van der Waals surface area (Å²) in [6.07, 6.45) is 4.07. The van der Waals surface area contributed by atoms with E-state index in [1.165, 1.54) is 10.9 Å². The molecule has 0 saturated carbocycles. The first-order valence-electron chi connectivity index (χ1n) is 7.91. The molecule has 0 atom stereocenters. The van der Waals surface area contributed by atoms with Crippen molar-refractivity contribution in [3.8, 4) is 5.75 Å². The molecule has 4 rings (SSSR count). The Morgan fingerprint density at radius 1 is 1.00 bits per heavy atom. The lowest BCUT2D eigenvalue weighted by Gasteiger charge is -2.16. The zero-order valence-corrected chi connectivity index (χ0v) is 13.7. The Hall–Kier alpha value is -3.34. The molecular formula is C20H16N2O3. The minimum atomic E-state index is -0.457. The van der Waals surface area contributed by atoms with Crippen LogP contribution in [-0.2, 0) is 11.3 Å². The Morgan fingerprint density at radius 2 is 1.60 bits per heavy atom. The lowest BCUT2D eigenvalue weighted by atomic mass is 9.96. The molecule has 5 nitrogen and oxygen atoms in total. The Kier molecular flexibility index (Phi) is 3.82. The van der Waals surface area contributed by atoms with Gasteiger partial charge in [0.2, 0.25) is 0 Å². The summed E-state index contributed by atoms with van der Waals surface area (Å²) >= 11 is 0. The van der Waals surface area contributed by atoms with Crippen LogP contribution in [-0.4, -0.2) is 22.8 Å². The second-order valence-corrected chi connectivity index (χ2v) is 5.63. The van der Waals surface area contributed by atoms with Gasteiger partial charge in [0.25, 0.3) is 0 Å². The van der Waals surface area contributed by atoms with E-state index in [4.69, 9.17) is 9.47 Å². The molecule has 0 aliphatic heterocycles. The molecule has 0 saturated heterocycles. The summed E-state index contributed by atoms with van der Waals surface area (Å²) in [5.74, 6) is 0.830. The molecule has 3 aromatic carbocycles. The number of carbonyl (C=O) groups excluding carboxylic acids is 1. The summed E-state index contributed by atoms with van der Waals surface area (Å²) in [4.78, 5) is 16.0. The zero-order chi connectivity index (χ0) is 17.2. The molecule has 5 heteroatoms. The van der Waals surface area contributed by atoms with Crippen molar-refractivity contribution in [3.63, 3.8) is 0 Å². The molecule has 1 heterocycles. The highest BCUT2D eigenvalue weighted by Gasteiger charge is 2.15. The smallest absolute Gasteiger partial charge is 0.419 e. The van der Waals surface area contributed by atoms with E-state index in [2.05, 4.69) is 4.98 Å². The van der Waals surface area contributed by atoms with Crippen LogP contribution in [0.5, 0.6) is 5.75 Å². The van der Waals surface area contributed by atoms with E-state index in [0.717, 1.165) is 32.9 Å². The Bertz CT molecular complexity index is 998. The molecule has 0 amide bonds. The monoisotopic (exact) mass is 332 g/mol. The van der Waals surface area contributed by atoms with Gasteiger partial charge in [-0.15, -0.1) is 0 Å². The minimum absolute atomic E-state index is 0.169. The van der Waals surface area contributed by atoms with Gasteiger partial charge in [0, 0.05) is 28.7 Å². The summed E-state index contributed by atoms with van der Waals surface area (Å²) in [6, 6.07) is 16.0. The Balaban J connectivity index is 1.85. The van der Waals surface area contributed by atoms with Gasteiger partial charge in [0.15, 0.2) is 0 Å². The quantitative estimate of drug-likeness (QED) is 0.522. The molecule has 4 aromatic rings. The molecule has 0 spiro atoms. The van der Waals surface area contributed by atoms with Crippen LogP contribution in [0.25, 0.3) is 21.5 Å². The number of rotatable bonds is 3. The number of hydrogen-bond acceptors (Lipinski definition) is 4. The first kappa shape index (κ1) is 15.2. The summed E-state index contributed by atoms with van der Waals surface area (Å²) in [5.41, 5.74) is 0.959. The average molecular weight is 332 g/mol. The summed E-state index contributed by atoms with van der Waals surface area (Å²) in [7, 11) is 1.67. The van der Waals surface area contributed by atoms with Gasteiger partial charge in [-0.25, -0.2) is 14.3 Å². The lowest BCUT2D eigenvalue weighted by molar-refractivity contribution is 0.142. The molecule has 1 aromatic heterocycles. The maximum absolute atomic E-state index is 12.2. The number of methoxy groups -OCH3 is 1. The standard InChI is InChI=1S/C20H16N2O3/c1-24-19-16-8-4-2-6-14(16)18(15-7-3-5-9-17(15)19)12-25-20(23)22-11-10-21-13-22/h2-11,13H,12H2,1H3. The zero-order valence-electron chi connectivity index (χ0n) is 13.7. The lowest BCUT2D eigenvalue weighted by Crippen LogP contribution is -2.12. The van der Waals surface area contributed by atoms with Gasteiger partial charge in [0.1, 0.15) is 18.7 Å². The van der Waals surface area contributed by atoms with Crippen LogP contribution in [0.15, 0.2) is 67.3 Å². The third kappa shape index (κ3) is 2.59. The number of carbonyl (C=O) groups is 1. The van der Waals surface area contributed by atoms with Crippen molar-refractivity contribution >= 4 is 27.6 Å². The molecule has 0 bridgehead atoms. The summed E-state index contributed by atoms with van der Waals surface area (Å²) < 4.78 is 12.5. The number of aromatic nitrogens is 2. The second-order valence-electron chi connectivity index (χ2n) is 5.63. The van der Waals surface area contributed by atoms with Gasteiger partial charge in [-0.3, -0.25) is 0 Å². The largest absolute Gasteiger partial charge is 0.495 e. The van der Waals surface area contributed by atoms with Crippen LogP contribution in [0.2, 0.25) is 0 Å². The number of fused-ring (bicyclic) bond motifs is 2. The van der Waals surface area contributed by atoms with Crippen LogP contribution < -0.4 is 4.74 Å². The molecule has 124 valence electrons. The molecule has 0 radical (unpaired) electrons. The molecular weight excluding hydrogens is 316 g/mol. The van der Waals surface area contributed by atoms with Crippen molar-refractivity contribution < 1.29 is 14.3 Å². The molecule has 0 N–H and O–H groups in total. The van der Waals surface area contributed by atoms with Crippen molar-refractivity contribution in [2.45, 2.75) is 6.61 Å². The van der Waals surface area contributed by atoms with E-state index in [9.17, 15) is 4.79 Å². The SMILES string of the molecule is COc1c2ccccc2c(COC(=O)n2ccnc2)c2ccccc12. The number of benzene rings is 3. The number of imidazole rings is 1. The van der Waals surface area contributed by atoms with Crippen LogP contribution >= 0.6 is 0 Å². The van der Waals surface area contributed by atoms with E-state index in [1.54, 1.807) is 19.5 Å². The summed E-state index contributed by atoms with van der Waals surface area (Å²) in [5, 5.41) is 4.02. The summed E-state index contributed by atoms with van der Waals surface area (Å²) in [6.45, 7) is 0.169. The normalized spacial score (nSPS) is 10.9. The van der Waals surface area contributed by atoms with Gasteiger partial charge in [-0.2, -0.15) is 0 Å². The van der Waals surface area contributed by atoms with Crippen molar-refractivity contribution in [2.75, 3.05) is 7.11 Å². The highest BCUT2D eigenvalue weighted by Crippen LogP contribution is 2.38. The number of hydrogen-bond donors (Lipinski definition) is 0. The van der Waals surface area contributed by atoms with Gasteiger partial charge in [-0.05, 0) is 10.8 Å². The van der Waals surface area contributed by atoms with Gasteiger partial charge in [0.05, 0.1) is 7.11 Å². The second kappa shape index (κ2) is 6.28. The van der Waals surface area contributed by atoms with Gasteiger partial charge < -0.3 is 9.47 Å². The highest BCUT2D eigenvalue weighted by atomic mass is 16.5.